The van der Waals surface area contributed by atoms with Gasteiger partial charge in [0, 0.05) is 18.0 Å². The first-order valence-electron chi connectivity index (χ1n) is 7.08. The average molecular weight is 295 g/mol. The van der Waals surface area contributed by atoms with E-state index in [1.807, 2.05) is 49.5 Å². The van der Waals surface area contributed by atoms with Crippen LogP contribution in [-0.4, -0.2) is 33.3 Å². The predicted molar refractivity (Wildman–Crippen MR) is 84.8 cm³/mol. The van der Waals surface area contributed by atoms with Crippen LogP contribution in [0.2, 0.25) is 0 Å². The number of para-hydroxylation sites is 1. The van der Waals surface area contributed by atoms with Crippen molar-refractivity contribution in [2.24, 2.45) is 0 Å². The third-order valence-electron chi connectivity index (χ3n) is 3.16. The van der Waals surface area contributed by atoms with Crippen molar-refractivity contribution in [2.45, 2.75) is 6.92 Å². The lowest BCUT2D eigenvalue weighted by Gasteiger charge is -2.08. The number of hydrogen-bond acceptors (Lipinski definition) is 5. The van der Waals surface area contributed by atoms with Crippen molar-refractivity contribution < 1.29 is 4.74 Å². The van der Waals surface area contributed by atoms with Crippen LogP contribution in [0.3, 0.4) is 0 Å². The van der Waals surface area contributed by atoms with Crippen molar-refractivity contribution in [3.05, 3.63) is 54.5 Å². The number of nitrogens with zero attached hydrogens (tertiary/aromatic N) is 3. The summed E-state index contributed by atoms with van der Waals surface area (Å²) in [5.41, 5.74) is 2.73. The molecule has 112 valence electrons. The molecule has 2 N–H and O–H groups in total. The zero-order chi connectivity index (χ0) is 15.2. The number of anilines is 1. The first kappa shape index (κ1) is 14.1. The Kier molecular flexibility index (Phi) is 4.29. The molecule has 0 amide bonds. The lowest BCUT2D eigenvalue weighted by Crippen LogP contribution is -2.13. The number of benzene rings is 1. The molecule has 0 fully saturated rings. The number of hydrogen-bond donors (Lipinski definition) is 2. The van der Waals surface area contributed by atoms with Gasteiger partial charge in [-0.3, -0.25) is 5.10 Å². The molecule has 6 nitrogen and oxygen atoms in total. The molecular weight excluding hydrogens is 278 g/mol. The summed E-state index contributed by atoms with van der Waals surface area (Å²) in [6.45, 7) is 3.11. The first-order valence-corrected chi connectivity index (χ1v) is 7.08. The van der Waals surface area contributed by atoms with Crippen LogP contribution in [0.15, 0.2) is 48.8 Å². The van der Waals surface area contributed by atoms with Crippen molar-refractivity contribution in [2.75, 3.05) is 18.5 Å². The van der Waals surface area contributed by atoms with Crippen LogP contribution in [0.1, 0.15) is 5.69 Å². The first-order chi connectivity index (χ1) is 10.8. The van der Waals surface area contributed by atoms with Gasteiger partial charge in [-0.05, 0) is 25.1 Å². The molecule has 0 aliphatic heterocycles. The number of rotatable bonds is 6. The Balaban J connectivity index is 1.56. The summed E-state index contributed by atoms with van der Waals surface area (Å²) < 4.78 is 5.62. The smallest absolute Gasteiger partial charge is 0.223 e. The number of aromatic amines is 1. The number of aryl methyl sites for hydroxylation is 1. The highest BCUT2D eigenvalue weighted by atomic mass is 16.5. The molecule has 0 aliphatic rings. The van der Waals surface area contributed by atoms with E-state index in [2.05, 4.69) is 25.5 Å². The zero-order valence-corrected chi connectivity index (χ0v) is 12.3. The van der Waals surface area contributed by atoms with E-state index in [1.165, 1.54) is 0 Å². The fourth-order valence-corrected chi connectivity index (χ4v) is 2.06. The Morgan fingerprint density at radius 2 is 2.05 bits per heavy atom. The summed E-state index contributed by atoms with van der Waals surface area (Å²) >= 11 is 0. The van der Waals surface area contributed by atoms with Crippen molar-refractivity contribution in [3.8, 4) is 17.0 Å². The molecule has 22 heavy (non-hydrogen) atoms. The van der Waals surface area contributed by atoms with E-state index >= 15 is 0 Å². The van der Waals surface area contributed by atoms with Gasteiger partial charge in [-0.25, -0.2) is 9.97 Å². The monoisotopic (exact) mass is 295 g/mol. The standard InChI is InChI=1S/C16H17N5O/c1-12-14(11-19-21-12)15-7-8-17-16(20-15)18-9-10-22-13-5-3-2-4-6-13/h2-8,11H,9-10H2,1H3,(H,19,21)(H,17,18,20). The number of H-pyrrole nitrogens is 1. The summed E-state index contributed by atoms with van der Waals surface area (Å²) in [6.07, 6.45) is 3.56. The molecule has 0 bridgehead atoms. The maximum Gasteiger partial charge on any atom is 0.223 e. The molecule has 0 spiro atoms. The van der Waals surface area contributed by atoms with Gasteiger partial charge in [0.2, 0.25) is 5.95 Å². The second-order valence-corrected chi connectivity index (χ2v) is 4.74. The quantitative estimate of drug-likeness (QED) is 0.684. The third-order valence-corrected chi connectivity index (χ3v) is 3.16. The normalized spacial score (nSPS) is 10.4. The highest BCUT2D eigenvalue weighted by molar-refractivity contribution is 5.61. The molecule has 2 heterocycles. The van der Waals surface area contributed by atoms with Gasteiger partial charge in [0.25, 0.3) is 0 Å². The van der Waals surface area contributed by atoms with E-state index in [-0.39, 0.29) is 0 Å². The van der Waals surface area contributed by atoms with Crippen molar-refractivity contribution in [3.63, 3.8) is 0 Å². The van der Waals surface area contributed by atoms with Gasteiger partial charge in [0.1, 0.15) is 12.4 Å². The fraction of sp³-hybridized carbons (Fsp3) is 0.188. The van der Waals surface area contributed by atoms with Gasteiger partial charge in [-0.2, -0.15) is 5.10 Å². The van der Waals surface area contributed by atoms with E-state index in [4.69, 9.17) is 4.74 Å². The van der Waals surface area contributed by atoms with E-state index in [1.54, 1.807) is 6.20 Å². The maximum atomic E-state index is 5.62. The third kappa shape index (κ3) is 3.41. The highest BCUT2D eigenvalue weighted by Gasteiger charge is 2.06. The van der Waals surface area contributed by atoms with Gasteiger partial charge < -0.3 is 10.1 Å². The average Bonchev–Trinajstić information content (AvgIpc) is 2.99. The Morgan fingerprint density at radius 1 is 1.18 bits per heavy atom. The summed E-state index contributed by atoms with van der Waals surface area (Å²) in [4.78, 5) is 8.70. The lowest BCUT2D eigenvalue weighted by molar-refractivity contribution is 0.332. The molecule has 0 saturated carbocycles. The molecule has 2 aromatic heterocycles. The largest absolute Gasteiger partial charge is 0.492 e. The lowest BCUT2D eigenvalue weighted by atomic mass is 10.2. The minimum Gasteiger partial charge on any atom is -0.492 e. The van der Waals surface area contributed by atoms with Crippen LogP contribution in [0.25, 0.3) is 11.3 Å². The molecule has 0 aliphatic carbocycles. The molecular formula is C16H17N5O. The van der Waals surface area contributed by atoms with Crippen LogP contribution in [0.4, 0.5) is 5.95 Å². The molecule has 3 aromatic rings. The van der Waals surface area contributed by atoms with E-state index in [0.29, 0.717) is 19.1 Å². The van der Waals surface area contributed by atoms with Crippen molar-refractivity contribution in [1.82, 2.24) is 20.2 Å². The second-order valence-electron chi connectivity index (χ2n) is 4.74. The van der Waals surface area contributed by atoms with Crippen LogP contribution in [-0.2, 0) is 0 Å². The molecule has 1 aromatic carbocycles. The number of ether oxygens (including phenoxy) is 1. The summed E-state index contributed by atoms with van der Waals surface area (Å²) in [5.74, 6) is 1.43. The van der Waals surface area contributed by atoms with Gasteiger partial charge in [-0.15, -0.1) is 0 Å². The van der Waals surface area contributed by atoms with Crippen LogP contribution >= 0.6 is 0 Å². The topological polar surface area (TPSA) is 75.7 Å². The highest BCUT2D eigenvalue weighted by Crippen LogP contribution is 2.19. The second kappa shape index (κ2) is 6.71. The molecule has 0 unspecified atom stereocenters. The summed E-state index contributed by atoms with van der Waals surface area (Å²) in [7, 11) is 0. The Morgan fingerprint density at radius 3 is 2.82 bits per heavy atom. The minimum absolute atomic E-state index is 0.544. The van der Waals surface area contributed by atoms with Gasteiger partial charge in [0.05, 0.1) is 17.9 Å². The van der Waals surface area contributed by atoms with Gasteiger partial charge >= 0.3 is 0 Å². The fourth-order valence-electron chi connectivity index (χ4n) is 2.06. The van der Waals surface area contributed by atoms with E-state index < -0.39 is 0 Å². The summed E-state index contributed by atoms with van der Waals surface area (Å²) in [6, 6.07) is 11.6. The number of aromatic nitrogens is 4. The molecule has 0 saturated heterocycles. The van der Waals surface area contributed by atoms with Crippen molar-refractivity contribution in [1.29, 1.82) is 0 Å². The Labute approximate surface area is 128 Å². The minimum atomic E-state index is 0.544. The summed E-state index contributed by atoms with van der Waals surface area (Å²) in [5, 5.41) is 10.1. The van der Waals surface area contributed by atoms with Crippen molar-refractivity contribution >= 4 is 5.95 Å². The Hall–Kier alpha value is -2.89. The SMILES string of the molecule is Cc1n[nH]cc1-c1ccnc(NCCOc2ccccc2)n1. The predicted octanol–water partition coefficient (Wildman–Crippen LogP) is 2.67. The zero-order valence-electron chi connectivity index (χ0n) is 12.3. The molecule has 6 heteroatoms. The van der Waals surface area contributed by atoms with Crippen LogP contribution < -0.4 is 10.1 Å². The number of nitrogens with one attached hydrogen (secondary N) is 2. The van der Waals surface area contributed by atoms with Gasteiger partial charge in [-0.1, -0.05) is 18.2 Å². The molecule has 0 atom stereocenters. The van der Waals surface area contributed by atoms with Gasteiger partial charge in [0.15, 0.2) is 0 Å². The maximum absolute atomic E-state index is 5.62. The molecule has 0 radical (unpaired) electrons. The van der Waals surface area contributed by atoms with E-state index in [9.17, 15) is 0 Å². The van der Waals surface area contributed by atoms with E-state index in [0.717, 1.165) is 22.7 Å². The van der Waals surface area contributed by atoms with Crippen LogP contribution in [0.5, 0.6) is 5.75 Å². The Bertz CT molecular complexity index is 726. The molecule has 3 rings (SSSR count). The van der Waals surface area contributed by atoms with Crippen LogP contribution in [0, 0.1) is 6.92 Å².